The molecule has 0 aliphatic carbocycles. The number of amides is 1. The highest BCUT2D eigenvalue weighted by atomic mass is 16.1. The van der Waals surface area contributed by atoms with Gasteiger partial charge in [-0.25, -0.2) is 4.68 Å². The molecule has 0 spiro atoms. The molecule has 1 heterocycles. The zero-order chi connectivity index (χ0) is 13.0. The minimum Gasteiger partial charge on any atom is -0.369 e. The van der Waals surface area contributed by atoms with Crippen molar-refractivity contribution in [1.82, 2.24) is 9.78 Å². The summed E-state index contributed by atoms with van der Waals surface area (Å²) in [6, 6.07) is 9.77. The van der Waals surface area contributed by atoms with E-state index in [1.54, 1.807) is 10.9 Å². The summed E-state index contributed by atoms with van der Waals surface area (Å²) >= 11 is 0. The van der Waals surface area contributed by atoms with Gasteiger partial charge >= 0.3 is 0 Å². The molecule has 0 fully saturated rings. The van der Waals surface area contributed by atoms with E-state index in [1.165, 1.54) is 0 Å². The fraction of sp³-hybridized carbons (Fsp3) is 0.231. The van der Waals surface area contributed by atoms with Gasteiger partial charge in [0.1, 0.15) is 0 Å². The Hall–Kier alpha value is -2.14. The monoisotopic (exact) mass is 244 g/mol. The molecular weight excluding hydrogens is 228 g/mol. The molecule has 18 heavy (non-hydrogen) atoms. The lowest BCUT2D eigenvalue weighted by atomic mass is 10.0. The van der Waals surface area contributed by atoms with Gasteiger partial charge in [0, 0.05) is 12.7 Å². The van der Waals surface area contributed by atoms with Crippen molar-refractivity contribution in [3.8, 4) is 5.69 Å². The van der Waals surface area contributed by atoms with Crippen LogP contribution in [0.3, 0.4) is 0 Å². The Bertz CT molecular complexity index is 521. The fourth-order valence-electron chi connectivity index (χ4n) is 1.77. The average molecular weight is 244 g/mol. The summed E-state index contributed by atoms with van der Waals surface area (Å²) in [4.78, 5) is 11.1. The number of benzene rings is 1. The maximum atomic E-state index is 11.1. The van der Waals surface area contributed by atoms with E-state index in [0.29, 0.717) is 6.42 Å². The van der Waals surface area contributed by atoms with E-state index >= 15 is 0 Å². The second kappa shape index (κ2) is 5.46. The minimum atomic E-state index is -0.370. The summed E-state index contributed by atoms with van der Waals surface area (Å²) < 4.78 is 1.77. The van der Waals surface area contributed by atoms with Gasteiger partial charge in [-0.15, -0.1) is 0 Å². The maximum absolute atomic E-state index is 11.1. The first-order chi connectivity index (χ1) is 8.70. The van der Waals surface area contributed by atoms with Crippen LogP contribution in [0.5, 0.6) is 0 Å². The smallest absolute Gasteiger partial charge is 0.222 e. The third kappa shape index (κ3) is 2.75. The van der Waals surface area contributed by atoms with Crippen molar-refractivity contribution in [2.75, 3.05) is 6.54 Å². The highest BCUT2D eigenvalue weighted by molar-refractivity contribution is 5.77. The zero-order valence-electron chi connectivity index (χ0n) is 9.99. The Morgan fingerprint density at radius 1 is 1.33 bits per heavy atom. The molecule has 4 N–H and O–H groups in total. The number of hydrogen-bond donors (Lipinski definition) is 2. The van der Waals surface area contributed by atoms with Crippen molar-refractivity contribution in [2.24, 2.45) is 17.4 Å². The van der Waals surface area contributed by atoms with Gasteiger partial charge in [-0.3, -0.25) is 4.79 Å². The molecule has 0 radical (unpaired) electrons. The normalized spacial score (nSPS) is 12.3. The third-order valence-corrected chi connectivity index (χ3v) is 2.83. The van der Waals surface area contributed by atoms with Gasteiger partial charge in [0.2, 0.25) is 5.91 Å². The molecule has 5 heteroatoms. The van der Waals surface area contributed by atoms with E-state index in [2.05, 4.69) is 5.10 Å². The van der Waals surface area contributed by atoms with Crippen LogP contribution >= 0.6 is 0 Å². The lowest BCUT2D eigenvalue weighted by Crippen LogP contribution is -2.31. The summed E-state index contributed by atoms with van der Waals surface area (Å²) in [6.07, 6.45) is 4.15. The molecule has 1 aromatic heterocycles. The van der Waals surface area contributed by atoms with Crippen LogP contribution in [0.1, 0.15) is 5.56 Å². The van der Waals surface area contributed by atoms with Crippen LogP contribution in [0.15, 0.2) is 42.7 Å². The largest absolute Gasteiger partial charge is 0.369 e. The first-order valence-electron chi connectivity index (χ1n) is 5.79. The topological polar surface area (TPSA) is 86.9 Å². The first kappa shape index (κ1) is 12.3. The standard InChI is InChI=1S/C13H16N4O/c14-7-11(13(15)18)6-10-8-16-17(9-10)12-4-2-1-3-5-12/h1-5,8-9,11H,6-7,14H2,(H2,15,18). The lowest BCUT2D eigenvalue weighted by Gasteiger charge is -2.08. The van der Waals surface area contributed by atoms with Crippen LogP contribution in [-0.2, 0) is 11.2 Å². The summed E-state index contributed by atoms with van der Waals surface area (Å²) in [5.41, 5.74) is 12.7. The summed E-state index contributed by atoms with van der Waals surface area (Å²) in [5.74, 6) is -0.705. The van der Waals surface area contributed by atoms with Gasteiger partial charge in [-0.05, 0) is 24.1 Å². The Kier molecular flexibility index (Phi) is 3.74. The average Bonchev–Trinajstić information content (AvgIpc) is 2.85. The molecule has 1 unspecified atom stereocenters. The number of para-hydroxylation sites is 1. The van der Waals surface area contributed by atoms with Crippen LogP contribution in [-0.4, -0.2) is 22.2 Å². The first-order valence-corrected chi connectivity index (χ1v) is 5.79. The molecule has 0 bridgehead atoms. The molecule has 0 saturated heterocycles. The molecule has 0 aliphatic heterocycles. The maximum Gasteiger partial charge on any atom is 0.222 e. The molecule has 0 saturated carbocycles. The molecule has 2 aromatic rings. The van der Waals surface area contributed by atoms with Gasteiger partial charge in [-0.1, -0.05) is 18.2 Å². The number of nitrogens with two attached hydrogens (primary N) is 2. The molecule has 1 atom stereocenters. The zero-order valence-corrected chi connectivity index (χ0v) is 9.99. The number of nitrogens with zero attached hydrogens (tertiary/aromatic N) is 2. The molecule has 2 rings (SSSR count). The van der Waals surface area contributed by atoms with Crippen LogP contribution in [0.4, 0.5) is 0 Å². The summed E-state index contributed by atoms with van der Waals surface area (Å²) in [5, 5.41) is 4.26. The van der Waals surface area contributed by atoms with Crippen molar-refractivity contribution >= 4 is 5.91 Å². The Balaban J connectivity index is 2.14. The van der Waals surface area contributed by atoms with E-state index in [-0.39, 0.29) is 18.4 Å². The number of carbonyl (C=O) groups excluding carboxylic acids is 1. The van der Waals surface area contributed by atoms with Crippen molar-refractivity contribution in [1.29, 1.82) is 0 Å². The molecule has 1 amide bonds. The highest BCUT2D eigenvalue weighted by Crippen LogP contribution is 2.11. The van der Waals surface area contributed by atoms with Crippen molar-refractivity contribution in [3.05, 3.63) is 48.3 Å². The Morgan fingerprint density at radius 2 is 2.06 bits per heavy atom. The van der Waals surface area contributed by atoms with E-state index in [4.69, 9.17) is 11.5 Å². The van der Waals surface area contributed by atoms with Gasteiger partial charge in [0.25, 0.3) is 0 Å². The number of primary amides is 1. The molecule has 1 aromatic carbocycles. The van der Waals surface area contributed by atoms with Crippen LogP contribution in [0, 0.1) is 5.92 Å². The van der Waals surface area contributed by atoms with E-state index in [1.807, 2.05) is 36.5 Å². The molecule has 0 aliphatic rings. The number of rotatable bonds is 5. The lowest BCUT2D eigenvalue weighted by molar-refractivity contribution is -0.121. The second-order valence-electron chi connectivity index (χ2n) is 4.17. The third-order valence-electron chi connectivity index (χ3n) is 2.83. The van der Waals surface area contributed by atoms with Crippen LogP contribution < -0.4 is 11.5 Å². The molecular formula is C13H16N4O. The molecule has 5 nitrogen and oxygen atoms in total. The number of carbonyl (C=O) groups is 1. The van der Waals surface area contributed by atoms with E-state index < -0.39 is 0 Å². The summed E-state index contributed by atoms with van der Waals surface area (Å²) in [6.45, 7) is 0.256. The van der Waals surface area contributed by atoms with E-state index in [0.717, 1.165) is 11.3 Å². The predicted octanol–water partition coefficient (Wildman–Crippen LogP) is 0.475. The number of aromatic nitrogens is 2. The van der Waals surface area contributed by atoms with E-state index in [9.17, 15) is 4.79 Å². The summed E-state index contributed by atoms with van der Waals surface area (Å²) in [7, 11) is 0. The van der Waals surface area contributed by atoms with Crippen LogP contribution in [0.2, 0.25) is 0 Å². The highest BCUT2D eigenvalue weighted by Gasteiger charge is 2.15. The molecule has 94 valence electrons. The fourth-order valence-corrected chi connectivity index (χ4v) is 1.77. The van der Waals surface area contributed by atoms with Gasteiger partial charge in [0.15, 0.2) is 0 Å². The van der Waals surface area contributed by atoms with Crippen molar-refractivity contribution < 1.29 is 4.79 Å². The Labute approximate surface area is 105 Å². The number of hydrogen-bond acceptors (Lipinski definition) is 3. The predicted molar refractivity (Wildman–Crippen MR) is 69.0 cm³/mol. The van der Waals surface area contributed by atoms with Crippen LogP contribution in [0.25, 0.3) is 5.69 Å². The Morgan fingerprint density at radius 3 is 2.67 bits per heavy atom. The van der Waals surface area contributed by atoms with Crippen molar-refractivity contribution in [3.63, 3.8) is 0 Å². The van der Waals surface area contributed by atoms with Gasteiger partial charge in [0.05, 0.1) is 17.8 Å². The van der Waals surface area contributed by atoms with Gasteiger partial charge < -0.3 is 11.5 Å². The van der Waals surface area contributed by atoms with Gasteiger partial charge in [-0.2, -0.15) is 5.10 Å². The quantitative estimate of drug-likeness (QED) is 0.801. The minimum absolute atomic E-state index is 0.256. The van der Waals surface area contributed by atoms with Crippen molar-refractivity contribution in [2.45, 2.75) is 6.42 Å². The second-order valence-corrected chi connectivity index (χ2v) is 4.17. The SMILES string of the molecule is NCC(Cc1cnn(-c2ccccc2)c1)C(N)=O.